The molecule has 0 fully saturated rings. The Hall–Kier alpha value is -1.73. The number of carbonyl (C=O) groups is 3. The van der Waals surface area contributed by atoms with Gasteiger partial charge in [0.25, 0.3) is 11.7 Å². The first-order chi connectivity index (χ1) is 9.95. The summed E-state index contributed by atoms with van der Waals surface area (Å²) < 4.78 is 5.48. The van der Waals surface area contributed by atoms with Gasteiger partial charge in [-0.2, -0.15) is 0 Å². The summed E-state index contributed by atoms with van der Waals surface area (Å²) in [4.78, 5) is 37.1. The molecule has 1 N–H and O–H groups in total. The predicted octanol–water partition coefficient (Wildman–Crippen LogP) is 1.13. The minimum atomic E-state index is -0.688. The third-order valence-electron chi connectivity index (χ3n) is 3.07. The Bertz CT molecular complexity index is 603. The van der Waals surface area contributed by atoms with E-state index in [1.54, 1.807) is 32.2 Å². The Morgan fingerprint density at radius 1 is 1.43 bits per heavy atom. The van der Waals surface area contributed by atoms with Gasteiger partial charge in [0.05, 0.1) is 17.9 Å². The molecule has 7 heteroatoms. The van der Waals surface area contributed by atoms with Crippen LogP contribution in [-0.4, -0.2) is 43.9 Å². The number of carbonyl (C=O) groups excluding carboxylic acids is 3. The van der Waals surface area contributed by atoms with Crippen molar-refractivity contribution in [3.8, 4) is 0 Å². The molecule has 0 aliphatic carbocycles. The maximum Gasteiger partial charge on any atom is 0.299 e. The molecule has 1 unspecified atom stereocenters. The van der Waals surface area contributed by atoms with E-state index in [9.17, 15) is 14.4 Å². The SMILES string of the molecule is COCC(C)NC(=O)CN1C(=O)C(=O)c2c(Br)cccc21. The summed E-state index contributed by atoms with van der Waals surface area (Å²) in [5.41, 5.74) is 0.758. The van der Waals surface area contributed by atoms with Crippen molar-refractivity contribution in [3.05, 3.63) is 28.2 Å². The van der Waals surface area contributed by atoms with Crippen LogP contribution in [0, 0.1) is 0 Å². The van der Waals surface area contributed by atoms with Crippen molar-refractivity contribution in [3.63, 3.8) is 0 Å². The fraction of sp³-hybridized carbons (Fsp3) is 0.357. The van der Waals surface area contributed by atoms with Crippen molar-refractivity contribution < 1.29 is 19.1 Å². The average molecular weight is 355 g/mol. The molecule has 0 bridgehead atoms. The molecular formula is C14H15BrN2O4. The maximum atomic E-state index is 12.0. The van der Waals surface area contributed by atoms with Crippen LogP contribution in [0.2, 0.25) is 0 Å². The normalized spacial score (nSPS) is 15.1. The zero-order chi connectivity index (χ0) is 15.6. The average Bonchev–Trinajstić information content (AvgIpc) is 2.65. The number of fused-ring (bicyclic) bond motifs is 1. The molecule has 0 saturated heterocycles. The highest BCUT2D eigenvalue weighted by Gasteiger charge is 2.38. The largest absolute Gasteiger partial charge is 0.383 e. The van der Waals surface area contributed by atoms with Crippen molar-refractivity contribution in [2.24, 2.45) is 0 Å². The molecule has 1 heterocycles. The number of hydrogen-bond donors (Lipinski definition) is 1. The molecule has 1 atom stereocenters. The standard InChI is InChI=1S/C14H15BrN2O4/c1-8(7-21-2)16-11(18)6-17-10-5-3-4-9(15)12(10)13(19)14(17)20/h3-5,8H,6-7H2,1-2H3,(H,16,18). The Kier molecular flexibility index (Phi) is 4.74. The van der Waals surface area contributed by atoms with E-state index in [0.717, 1.165) is 0 Å². The van der Waals surface area contributed by atoms with Crippen LogP contribution in [-0.2, 0) is 14.3 Å². The number of methoxy groups -OCH3 is 1. The third-order valence-corrected chi connectivity index (χ3v) is 3.74. The smallest absolute Gasteiger partial charge is 0.299 e. The van der Waals surface area contributed by atoms with Gasteiger partial charge in [-0.05, 0) is 35.0 Å². The molecule has 0 saturated carbocycles. The van der Waals surface area contributed by atoms with E-state index in [-0.39, 0.29) is 18.5 Å². The highest BCUT2D eigenvalue weighted by molar-refractivity contribution is 9.10. The first kappa shape index (κ1) is 15.7. The van der Waals surface area contributed by atoms with Gasteiger partial charge in [-0.3, -0.25) is 19.3 Å². The lowest BCUT2D eigenvalue weighted by molar-refractivity contribution is -0.122. The van der Waals surface area contributed by atoms with Crippen LogP contribution >= 0.6 is 15.9 Å². The Morgan fingerprint density at radius 3 is 2.81 bits per heavy atom. The lowest BCUT2D eigenvalue weighted by atomic mass is 10.1. The van der Waals surface area contributed by atoms with Crippen LogP contribution in [0.25, 0.3) is 0 Å². The van der Waals surface area contributed by atoms with Crippen molar-refractivity contribution in [1.29, 1.82) is 0 Å². The minimum Gasteiger partial charge on any atom is -0.383 e. The van der Waals surface area contributed by atoms with Gasteiger partial charge >= 0.3 is 0 Å². The van der Waals surface area contributed by atoms with Gasteiger partial charge in [-0.25, -0.2) is 0 Å². The predicted molar refractivity (Wildman–Crippen MR) is 80.3 cm³/mol. The third kappa shape index (κ3) is 3.14. The number of amides is 2. The number of nitrogens with zero attached hydrogens (tertiary/aromatic N) is 1. The molecular weight excluding hydrogens is 340 g/mol. The molecule has 21 heavy (non-hydrogen) atoms. The van der Waals surface area contributed by atoms with E-state index in [2.05, 4.69) is 21.2 Å². The van der Waals surface area contributed by atoms with E-state index in [0.29, 0.717) is 22.3 Å². The summed E-state index contributed by atoms with van der Waals surface area (Å²) in [6.45, 7) is 1.98. The minimum absolute atomic E-state index is 0.169. The summed E-state index contributed by atoms with van der Waals surface area (Å²) >= 11 is 3.25. The van der Waals surface area contributed by atoms with Crippen molar-refractivity contribution in [2.75, 3.05) is 25.2 Å². The number of ketones is 1. The summed E-state index contributed by atoms with van der Waals surface area (Å²) in [6, 6.07) is 4.88. The Morgan fingerprint density at radius 2 is 2.14 bits per heavy atom. The van der Waals surface area contributed by atoms with E-state index in [4.69, 9.17) is 4.74 Å². The molecule has 2 rings (SSSR count). The quantitative estimate of drug-likeness (QED) is 0.804. The zero-order valence-electron chi connectivity index (χ0n) is 11.7. The first-order valence-corrected chi connectivity index (χ1v) is 7.18. The van der Waals surface area contributed by atoms with Crippen LogP contribution in [0.1, 0.15) is 17.3 Å². The molecule has 0 aromatic heterocycles. The second-order valence-electron chi connectivity index (χ2n) is 4.78. The van der Waals surface area contributed by atoms with E-state index >= 15 is 0 Å². The first-order valence-electron chi connectivity index (χ1n) is 6.38. The van der Waals surface area contributed by atoms with Gasteiger partial charge in [0.15, 0.2) is 0 Å². The van der Waals surface area contributed by atoms with Crippen molar-refractivity contribution in [1.82, 2.24) is 5.32 Å². The van der Waals surface area contributed by atoms with Crippen LogP contribution < -0.4 is 10.2 Å². The number of halogens is 1. The van der Waals surface area contributed by atoms with Crippen LogP contribution in [0.15, 0.2) is 22.7 Å². The second kappa shape index (κ2) is 6.36. The molecule has 112 valence electrons. The lowest BCUT2D eigenvalue weighted by Crippen LogP contribution is -2.44. The topological polar surface area (TPSA) is 75.7 Å². The van der Waals surface area contributed by atoms with E-state index < -0.39 is 11.7 Å². The molecule has 1 aromatic carbocycles. The fourth-order valence-corrected chi connectivity index (χ4v) is 2.75. The number of nitrogens with one attached hydrogen (secondary N) is 1. The van der Waals surface area contributed by atoms with Gasteiger partial charge in [0.1, 0.15) is 6.54 Å². The molecule has 1 aliphatic heterocycles. The number of Topliss-reactive ketones (excluding diaryl/α,β-unsaturated/α-hetero) is 1. The molecule has 1 aromatic rings. The summed E-state index contributed by atoms with van der Waals surface area (Å²) in [5, 5.41) is 2.71. The Balaban J connectivity index is 2.15. The molecule has 1 aliphatic rings. The maximum absolute atomic E-state index is 12.0. The molecule has 2 amide bonds. The number of anilines is 1. The van der Waals surface area contributed by atoms with Gasteiger partial charge in [-0.15, -0.1) is 0 Å². The van der Waals surface area contributed by atoms with Crippen molar-refractivity contribution in [2.45, 2.75) is 13.0 Å². The fourth-order valence-electron chi connectivity index (χ4n) is 2.21. The van der Waals surface area contributed by atoms with Gasteiger partial charge in [0.2, 0.25) is 5.91 Å². The van der Waals surface area contributed by atoms with Crippen molar-refractivity contribution >= 4 is 39.2 Å². The Labute approximate surface area is 130 Å². The number of rotatable bonds is 5. The molecule has 0 spiro atoms. The second-order valence-corrected chi connectivity index (χ2v) is 5.63. The molecule has 6 nitrogen and oxygen atoms in total. The number of benzene rings is 1. The summed E-state index contributed by atoms with van der Waals surface area (Å²) in [7, 11) is 1.54. The summed E-state index contributed by atoms with van der Waals surface area (Å²) in [6.07, 6.45) is 0. The zero-order valence-corrected chi connectivity index (χ0v) is 13.3. The highest BCUT2D eigenvalue weighted by Crippen LogP contribution is 2.33. The van der Waals surface area contributed by atoms with Gasteiger partial charge in [-0.1, -0.05) is 6.07 Å². The van der Waals surface area contributed by atoms with Crippen LogP contribution in [0.3, 0.4) is 0 Å². The number of ether oxygens (including phenoxy) is 1. The monoisotopic (exact) mass is 354 g/mol. The van der Waals surface area contributed by atoms with Gasteiger partial charge < -0.3 is 10.1 Å². The van der Waals surface area contributed by atoms with E-state index in [1.807, 2.05) is 0 Å². The van der Waals surface area contributed by atoms with E-state index in [1.165, 1.54) is 4.90 Å². The van der Waals surface area contributed by atoms with Crippen LogP contribution in [0.4, 0.5) is 5.69 Å². The lowest BCUT2D eigenvalue weighted by Gasteiger charge is -2.18. The molecule has 0 radical (unpaired) electrons. The highest BCUT2D eigenvalue weighted by atomic mass is 79.9. The summed E-state index contributed by atoms with van der Waals surface area (Å²) in [5.74, 6) is -1.63. The van der Waals surface area contributed by atoms with Crippen LogP contribution in [0.5, 0.6) is 0 Å². The number of hydrogen-bond acceptors (Lipinski definition) is 4. The van der Waals surface area contributed by atoms with Gasteiger partial charge in [0, 0.05) is 17.6 Å².